The predicted octanol–water partition coefficient (Wildman–Crippen LogP) is 2.76. The number of amides is 1. The summed E-state index contributed by atoms with van der Waals surface area (Å²) < 4.78 is 5.25. The Bertz CT molecular complexity index is 485. The summed E-state index contributed by atoms with van der Waals surface area (Å²) in [5, 5.41) is 0. The van der Waals surface area contributed by atoms with Crippen molar-refractivity contribution in [1.29, 1.82) is 0 Å². The van der Waals surface area contributed by atoms with Gasteiger partial charge in [0.15, 0.2) is 5.78 Å². The Morgan fingerprint density at radius 3 is 2.32 bits per heavy atom. The smallest absolute Gasteiger partial charge is 0.410 e. The van der Waals surface area contributed by atoms with E-state index in [9.17, 15) is 9.59 Å². The van der Waals surface area contributed by atoms with E-state index in [1.807, 2.05) is 12.1 Å². The first-order valence-corrected chi connectivity index (χ1v) is 6.45. The Labute approximate surface area is 113 Å². The molecule has 1 aromatic rings. The maximum Gasteiger partial charge on any atom is 0.415 e. The number of hydrogen-bond acceptors (Lipinski definition) is 3. The van der Waals surface area contributed by atoms with E-state index in [0.717, 1.165) is 0 Å². The lowest BCUT2D eigenvalue weighted by Gasteiger charge is -2.19. The van der Waals surface area contributed by atoms with Crippen molar-refractivity contribution in [2.24, 2.45) is 0 Å². The van der Waals surface area contributed by atoms with Gasteiger partial charge in [-0.05, 0) is 23.1 Å². The van der Waals surface area contributed by atoms with Gasteiger partial charge in [-0.2, -0.15) is 0 Å². The average molecular weight is 261 g/mol. The van der Waals surface area contributed by atoms with Crippen LogP contribution in [0.5, 0.6) is 5.75 Å². The number of rotatable bonds is 1. The fraction of sp³-hybridized carbons (Fsp3) is 0.467. The van der Waals surface area contributed by atoms with Crippen molar-refractivity contribution in [2.45, 2.75) is 32.6 Å². The molecule has 4 nitrogen and oxygen atoms in total. The fourth-order valence-corrected chi connectivity index (χ4v) is 1.97. The van der Waals surface area contributed by atoms with Crippen LogP contribution in [0.2, 0.25) is 0 Å². The van der Waals surface area contributed by atoms with E-state index in [2.05, 4.69) is 20.8 Å². The van der Waals surface area contributed by atoms with Crippen molar-refractivity contribution in [2.75, 3.05) is 13.1 Å². The summed E-state index contributed by atoms with van der Waals surface area (Å²) in [5.41, 5.74) is 1.26. The van der Waals surface area contributed by atoms with Crippen LogP contribution in [0.4, 0.5) is 4.79 Å². The molecule has 0 aliphatic carbocycles. The van der Waals surface area contributed by atoms with Crippen LogP contribution in [0.1, 0.15) is 32.8 Å². The second-order valence-electron chi connectivity index (χ2n) is 5.85. The normalized spacial score (nSPS) is 15.7. The quantitative estimate of drug-likeness (QED) is 0.781. The van der Waals surface area contributed by atoms with Gasteiger partial charge in [-0.3, -0.25) is 4.79 Å². The summed E-state index contributed by atoms with van der Waals surface area (Å²) >= 11 is 0. The zero-order valence-electron chi connectivity index (χ0n) is 11.6. The molecular formula is C15H19NO3. The molecule has 0 N–H and O–H groups in total. The molecule has 2 rings (SSSR count). The van der Waals surface area contributed by atoms with Crippen LogP contribution in [-0.4, -0.2) is 29.9 Å². The molecule has 1 saturated heterocycles. The molecule has 1 fully saturated rings. The topological polar surface area (TPSA) is 46.6 Å². The van der Waals surface area contributed by atoms with Crippen LogP contribution in [0.15, 0.2) is 24.3 Å². The van der Waals surface area contributed by atoms with Crippen LogP contribution in [0.3, 0.4) is 0 Å². The molecule has 4 heteroatoms. The number of hydrogen-bond donors (Lipinski definition) is 0. The van der Waals surface area contributed by atoms with Crippen LogP contribution in [0, 0.1) is 0 Å². The van der Waals surface area contributed by atoms with Gasteiger partial charge in [0, 0.05) is 13.0 Å². The second kappa shape index (κ2) is 5.03. The van der Waals surface area contributed by atoms with Crippen molar-refractivity contribution >= 4 is 11.9 Å². The van der Waals surface area contributed by atoms with Crippen molar-refractivity contribution in [3.63, 3.8) is 0 Å². The Balaban J connectivity index is 2.00. The SMILES string of the molecule is CC(C)(C)c1ccc(OC(=O)N2CCC(=O)C2)cc1. The first-order valence-electron chi connectivity index (χ1n) is 6.45. The number of benzene rings is 1. The number of nitrogens with zero attached hydrogens (tertiary/aromatic N) is 1. The molecule has 1 aliphatic rings. The standard InChI is InChI=1S/C15H19NO3/c1-15(2,3)11-4-6-13(7-5-11)19-14(18)16-9-8-12(17)10-16/h4-7H,8-10H2,1-3H3. The van der Waals surface area contributed by atoms with Crippen LogP contribution >= 0.6 is 0 Å². The largest absolute Gasteiger partial charge is 0.415 e. The minimum absolute atomic E-state index is 0.0733. The number of carbonyl (C=O) groups is 2. The highest BCUT2D eigenvalue weighted by Crippen LogP contribution is 2.24. The lowest BCUT2D eigenvalue weighted by atomic mass is 9.87. The third-order valence-electron chi connectivity index (χ3n) is 3.21. The highest BCUT2D eigenvalue weighted by atomic mass is 16.6. The maximum absolute atomic E-state index is 11.8. The van der Waals surface area contributed by atoms with Gasteiger partial charge < -0.3 is 9.64 Å². The molecular weight excluding hydrogens is 242 g/mol. The van der Waals surface area contributed by atoms with Gasteiger partial charge in [0.05, 0.1) is 6.54 Å². The van der Waals surface area contributed by atoms with E-state index >= 15 is 0 Å². The van der Waals surface area contributed by atoms with Gasteiger partial charge in [0.1, 0.15) is 5.75 Å². The molecule has 1 heterocycles. The first kappa shape index (κ1) is 13.6. The summed E-state index contributed by atoms with van der Waals surface area (Å²) in [6.45, 7) is 7.01. The van der Waals surface area contributed by atoms with Gasteiger partial charge in [-0.1, -0.05) is 32.9 Å². The number of carbonyl (C=O) groups excluding carboxylic acids is 2. The third kappa shape index (κ3) is 3.34. The number of ketones is 1. The predicted molar refractivity (Wildman–Crippen MR) is 72.4 cm³/mol. The van der Waals surface area contributed by atoms with Gasteiger partial charge >= 0.3 is 6.09 Å². The molecule has 102 valence electrons. The molecule has 19 heavy (non-hydrogen) atoms. The van der Waals surface area contributed by atoms with Crippen LogP contribution in [-0.2, 0) is 10.2 Å². The van der Waals surface area contributed by atoms with Crippen molar-refractivity contribution in [3.8, 4) is 5.75 Å². The molecule has 0 atom stereocenters. The van der Waals surface area contributed by atoms with E-state index in [1.54, 1.807) is 12.1 Å². The summed E-state index contributed by atoms with van der Waals surface area (Å²) in [6.07, 6.45) is -0.0210. The Hall–Kier alpha value is -1.84. The molecule has 1 aromatic carbocycles. The summed E-state index contributed by atoms with van der Waals surface area (Å²) in [7, 11) is 0. The lowest BCUT2D eigenvalue weighted by Crippen LogP contribution is -2.31. The van der Waals surface area contributed by atoms with Crippen LogP contribution in [0.25, 0.3) is 0 Å². The molecule has 1 aliphatic heterocycles. The summed E-state index contributed by atoms with van der Waals surface area (Å²) in [5.74, 6) is 0.595. The van der Waals surface area contributed by atoms with Crippen molar-refractivity contribution in [3.05, 3.63) is 29.8 Å². The van der Waals surface area contributed by atoms with E-state index in [-0.39, 0.29) is 17.7 Å². The zero-order chi connectivity index (χ0) is 14.0. The van der Waals surface area contributed by atoms with Gasteiger partial charge in [0.2, 0.25) is 0 Å². The summed E-state index contributed by atoms with van der Waals surface area (Å²) in [4.78, 5) is 24.3. The molecule has 0 spiro atoms. The second-order valence-corrected chi connectivity index (χ2v) is 5.85. The van der Waals surface area contributed by atoms with Gasteiger partial charge in [-0.15, -0.1) is 0 Å². The number of ether oxygens (including phenoxy) is 1. The van der Waals surface area contributed by atoms with E-state index < -0.39 is 6.09 Å². The van der Waals surface area contributed by atoms with E-state index in [4.69, 9.17) is 4.74 Å². The van der Waals surface area contributed by atoms with Crippen LogP contribution < -0.4 is 4.74 Å². The minimum atomic E-state index is -0.450. The molecule has 1 amide bonds. The van der Waals surface area contributed by atoms with E-state index in [1.165, 1.54) is 10.5 Å². The average Bonchev–Trinajstić information content (AvgIpc) is 2.75. The Morgan fingerprint density at radius 2 is 1.84 bits per heavy atom. The molecule has 0 saturated carbocycles. The number of Topliss-reactive ketones (excluding diaryl/α,β-unsaturated/α-hetero) is 1. The van der Waals surface area contributed by atoms with Gasteiger partial charge in [0.25, 0.3) is 0 Å². The molecule has 0 radical (unpaired) electrons. The number of likely N-dealkylation sites (tertiary alicyclic amines) is 1. The van der Waals surface area contributed by atoms with Crippen molar-refractivity contribution < 1.29 is 14.3 Å². The Kier molecular flexibility index (Phi) is 3.60. The van der Waals surface area contributed by atoms with Crippen molar-refractivity contribution in [1.82, 2.24) is 4.90 Å². The summed E-state index contributed by atoms with van der Waals surface area (Å²) in [6, 6.07) is 7.49. The zero-order valence-corrected chi connectivity index (χ0v) is 11.6. The highest BCUT2D eigenvalue weighted by Gasteiger charge is 2.25. The van der Waals surface area contributed by atoms with E-state index in [0.29, 0.717) is 18.7 Å². The third-order valence-corrected chi connectivity index (χ3v) is 3.21. The first-order chi connectivity index (χ1) is 8.86. The Morgan fingerprint density at radius 1 is 1.21 bits per heavy atom. The molecule has 0 aromatic heterocycles. The molecule has 0 unspecified atom stereocenters. The minimum Gasteiger partial charge on any atom is -0.410 e. The fourth-order valence-electron chi connectivity index (χ4n) is 1.97. The molecule has 0 bridgehead atoms. The van der Waals surface area contributed by atoms with Gasteiger partial charge in [-0.25, -0.2) is 4.79 Å². The highest BCUT2D eigenvalue weighted by molar-refractivity contribution is 5.87. The maximum atomic E-state index is 11.8. The monoisotopic (exact) mass is 261 g/mol. The lowest BCUT2D eigenvalue weighted by molar-refractivity contribution is -0.116.